The molecule has 4 nitrogen and oxygen atoms in total. The molecule has 2 aromatic heterocycles. The lowest BCUT2D eigenvalue weighted by molar-refractivity contribution is 1.18. The summed E-state index contributed by atoms with van der Waals surface area (Å²) in [5.41, 5.74) is 6.62. The highest BCUT2D eigenvalue weighted by atomic mass is 35.5. The highest BCUT2D eigenvalue weighted by molar-refractivity contribution is 6.37. The number of halogens is 2. The Morgan fingerprint density at radius 1 is 1.13 bits per heavy atom. The summed E-state index contributed by atoms with van der Waals surface area (Å²) in [4.78, 5) is 12.0. The van der Waals surface area contributed by atoms with Crippen molar-refractivity contribution in [3.8, 4) is 11.4 Å². The van der Waals surface area contributed by atoms with Crippen molar-refractivity contribution in [3.63, 3.8) is 0 Å². The van der Waals surface area contributed by atoms with Crippen LogP contribution in [0.2, 0.25) is 10.0 Å². The van der Waals surface area contributed by atoms with Crippen molar-refractivity contribution in [3.05, 3.63) is 34.7 Å². The zero-order chi connectivity index (χ0) is 10.8. The molecule has 2 aromatic rings. The van der Waals surface area contributed by atoms with Crippen LogP contribution in [-0.2, 0) is 0 Å². The summed E-state index contributed by atoms with van der Waals surface area (Å²) >= 11 is 11.7. The Morgan fingerprint density at radius 2 is 1.93 bits per heavy atom. The van der Waals surface area contributed by atoms with E-state index in [1.807, 2.05) is 0 Å². The van der Waals surface area contributed by atoms with Gasteiger partial charge in [-0.25, -0.2) is 4.98 Å². The molecule has 2 rings (SSSR count). The van der Waals surface area contributed by atoms with Gasteiger partial charge in [-0.15, -0.1) is 0 Å². The normalized spacial score (nSPS) is 10.3. The van der Waals surface area contributed by atoms with Crippen molar-refractivity contribution >= 4 is 29.0 Å². The Labute approximate surface area is 96.1 Å². The second kappa shape index (κ2) is 4.00. The number of anilines is 1. The fraction of sp³-hybridized carbons (Fsp3) is 0. The Morgan fingerprint density at radius 3 is 2.60 bits per heavy atom. The second-order valence-corrected chi connectivity index (χ2v) is 3.59. The van der Waals surface area contributed by atoms with Gasteiger partial charge in [-0.1, -0.05) is 23.2 Å². The molecule has 0 bridgehead atoms. The maximum atomic E-state index is 5.97. The van der Waals surface area contributed by atoms with Gasteiger partial charge in [0.05, 0.1) is 16.2 Å². The van der Waals surface area contributed by atoms with E-state index in [0.717, 1.165) is 0 Å². The minimum Gasteiger partial charge on any atom is -0.382 e. The Kier molecular flexibility index (Phi) is 2.70. The molecule has 0 aliphatic rings. The van der Waals surface area contributed by atoms with Gasteiger partial charge < -0.3 is 5.73 Å². The Balaban J connectivity index is 2.59. The lowest BCUT2D eigenvalue weighted by atomic mass is 10.3. The minimum atomic E-state index is 0.224. The Bertz CT molecular complexity index is 487. The van der Waals surface area contributed by atoms with Crippen LogP contribution < -0.4 is 5.73 Å². The van der Waals surface area contributed by atoms with E-state index in [-0.39, 0.29) is 5.82 Å². The molecule has 6 heteroatoms. The quantitative estimate of drug-likeness (QED) is 0.832. The van der Waals surface area contributed by atoms with E-state index in [9.17, 15) is 0 Å². The van der Waals surface area contributed by atoms with E-state index in [1.54, 1.807) is 18.6 Å². The van der Waals surface area contributed by atoms with Crippen LogP contribution in [0.1, 0.15) is 0 Å². The summed E-state index contributed by atoms with van der Waals surface area (Å²) in [5.74, 6) is 0.224. The summed E-state index contributed by atoms with van der Waals surface area (Å²) in [6.07, 6.45) is 4.68. The average molecular weight is 241 g/mol. The number of nitrogens with zero attached hydrogens (tertiary/aromatic N) is 3. The molecule has 2 N–H and O–H groups in total. The molecular weight excluding hydrogens is 235 g/mol. The highest BCUT2D eigenvalue weighted by Gasteiger charge is 2.10. The van der Waals surface area contributed by atoms with E-state index in [1.165, 1.54) is 6.07 Å². The molecule has 0 aliphatic heterocycles. The standard InChI is InChI=1S/C9H6Cl2N4/c10-5-3-6(11)9(12)15-8(5)7-4-13-1-2-14-7/h1-4H,(H2,12,15). The minimum absolute atomic E-state index is 0.224. The molecule has 0 unspecified atom stereocenters. The molecule has 0 aliphatic carbocycles. The van der Waals surface area contributed by atoms with Gasteiger partial charge >= 0.3 is 0 Å². The molecule has 0 saturated heterocycles. The third-order valence-electron chi connectivity index (χ3n) is 1.76. The Hall–Kier alpha value is -1.39. The molecule has 0 amide bonds. The number of rotatable bonds is 1. The molecule has 76 valence electrons. The van der Waals surface area contributed by atoms with Gasteiger partial charge in [0.15, 0.2) is 0 Å². The van der Waals surface area contributed by atoms with Crippen LogP contribution in [0.25, 0.3) is 11.4 Å². The van der Waals surface area contributed by atoms with E-state index in [0.29, 0.717) is 21.4 Å². The first kappa shape index (κ1) is 10.1. The van der Waals surface area contributed by atoms with Gasteiger partial charge in [0.1, 0.15) is 17.2 Å². The maximum absolute atomic E-state index is 5.97. The van der Waals surface area contributed by atoms with Crippen LogP contribution in [-0.4, -0.2) is 15.0 Å². The fourth-order valence-corrected chi connectivity index (χ4v) is 1.54. The van der Waals surface area contributed by atoms with Crippen LogP contribution in [0.3, 0.4) is 0 Å². The van der Waals surface area contributed by atoms with Crippen LogP contribution in [0.4, 0.5) is 5.82 Å². The molecule has 0 spiro atoms. The predicted octanol–water partition coefficient (Wildman–Crippen LogP) is 2.43. The van der Waals surface area contributed by atoms with Crippen molar-refractivity contribution in [1.82, 2.24) is 15.0 Å². The fourth-order valence-electron chi connectivity index (χ4n) is 1.08. The number of hydrogen-bond acceptors (Lipinski definition) is 4. The first-order valence-electron chi connectivity index (χ1n) is 4.06. The van der Waals surface area contributed by atoms with Crippen LogP contribution >= 0.6 is 23.2 Å². The molecule has 2 heterocycles. The topological polar surface area (TPSA) is 64.7 Å². The zero-order valence-electron chi connectivity index (χ0n) is 7.48. The maximum Gasteiger partial charge on any atom is 0.143 e. The largest absolute Gasteiger partial charge is 0.382 e. The first-order valence-corrected chi connectivity index (χ1v) is 4.82. The lowest BCUT2D eigenvalue weighted by Crippen LogP contribution is -1.96. The van der Waals surface area contributed by atoms with Gasteiger partial charge in [-0.2, -0.15) is 0 Å². The number of hydrogen-bond donors (Lipinski definition) is 1. The summed E-state index contributed by atoms with van der Waals surface area (Å²) in [6, 6.07) is 1.54. The lowest BCUT2D eigenvalue weighted by Gasteiger charge is -2.04. The van der Waals surface area contributed by atoms with Crippen molar-refractivity contribution in [2.45, 2.75) is 0 Å². The molecular formula is C9H6Cl2N4. The van der Waals surface area contributed by atoms with Crippen molar-refractivity contribution in [2.75, 3.05) is 5.73 Å². The molecule has 0 aromatic carbocycles. The van der Waals surface area contributed by atoms with Gasteiger partial charge in [0.25, 0.3) is 0 Å². The van der Waals surface area contributed by atoms with Gasteiger partial charge in [-0.3, -0.25) is 9.97 Å². The van der Waals surface area contributed by atoms with Crippen LogP contribution in [0.5, 0.6) is 0 Å². The summed E-state index contributed by atoms with van der Waals surface area (Å²) < 4.78 is 0. The summed E-state index contributed by atoms with van der Waals surface area (Å²) in [5, 5.41) is 0.724. The summed E-state index contributed by atoms with van der Waals surface area (Å²) in [7, 11) is 0. The SMILES string of the molecule is Nc1nc(-c2cnccn2)c(Cl)cc1Cl. The van der Waals surface area contributed by atoms with E-state index < -0.39 is 0 Å². The van der Waals surface area contributed by atoms with Gasteiger partial charge in [0.2, 0.25) is 0 Å². The third-order valence-corrected chi connectivity index (χ3v) is 2.35. The van der Waals surface area contributed by atoms with Crippen molar-refractivity contribution < 1.29 is 0 Å². The number of aromatic nitrogens is 3. The van der Waals surface area contributed by atoms with E-state index in [2.05, 4.69) is 15.0 Å². The molecule has 0 saturated carbocycles. The monoisotopic (exact) mass is 240 g/mol. The highest BCUT2D eigenvalue weighted by Crippen LogP contribution is 2.29. The average Bonchev–Trinajstić information content (AvgIpc) is 2.25. The molecule has 0 atom stereocenters. The molecule has 15 heavy (non-hydrogen) atoms. The first-order chi connectivity index (χ1) is 7.18. The second-order valence-electron chi connectivity index (χ2n) is 2.78. The van der Waals surface area contributed by atoms with Crippen LogP contribution in [0, 0.1) is 0 Å². The van der Waals surface area contributed by atoms with E-state index in [4.69, 9.17) is 28.9 Å². The van der Waals surface area contributed by atoms with Crippen molar-refractivity contribution in [2.24, 2.45) is 0 Å². The third kappa shape index (κ3) is 2.00. The number of nitrogens with two attached hydrogens (primary N) is 1. The molecule has 0 fully saturated rings. The number of pyridine rings is 1. The van der Waals surface area contributed by atoms with Crippen LogP contribution in [0.15, 0.2) is 24.7 Å². The van der Waals surface area contributed by atoms with Gasteiger partial charge in [0, 0.05) is 12.4 Å². The smallest absolute Gasteiger partial charge is 0.143 e. The van der Waals surface area contributed by atoms with E-state index >= 15 is 0 Å². The van der Waals surface area contributed by atoms with Crippen molar-refractivity contribution in [1.29, 1.82) is 0 Å². The number of nitrogen functional groups attached to an aromatic ring is 1. The summed E-state index contributed by atoms with van der Waals surface area (Å²) in [6.45, 7) is 0. The van der Waals surface area contributed by atoms with Gasteiger partial charge in [-0.05, 0) is 6.07 Å². The zero-order valence-corrected chi connectivity index (χ0v) is 9.00. The molecule has 0 radical (unpaired) electrons. The predicted molar refractivity (Wildman–Crippen MR) is 59.7 cm³/mol.